The minimum Gasteiger partial charge on any atom is -0.507 e. The van der Waals surface area contributed by atoms with Crippen LogP contribution in [0.3, 0.4) is 0 Å². The predicted molar refractivity (Wildman–Crippen MR) is 162 cm³/mol. The lowest BCUT2D eigenvalue weighted by Gasteiger charge is -2.40. The van der Waals surface area contributed by atoms with Crippen LogP contribution in [0.4, 0.5) is 0 Å². The zero-order chi connectivity index (χ0) is 28.8. The van der Waals surface area contributed by atoms with Crippen molar-refractivity contribution in [3.63, 3.8) is 0 Å². The second-order valence-electron chi connectivity index (χ2n) is 15.4. The smallest absolute Gasteiger partial charge is 0.123 e. The summed E-state index contributed by atoms with van der Waals surface area (Å²) in [5.74, 6) is 0.865. The Morgan fingerprint density at radius 2 is 0.676 bits per heavy atom. The molecule has 37 heavy (non-hydrogen) atoms. The molecule has 0 atom stereocenters. The van der Waals surface area contributed by atoms with Gasteiger partial charge in [-0.05, 0) is 67.9 Å². The maximum absolute atomic E-state index is 11.5. The van der Waals surface area contributed by atoms with E-state index in [2.05, 4.69) is 121 Å². The first-order chi connectivity index (χ1) is 16.6. The molecule has 0 spiro atoms. The molecule has 2 aromatic carbocycles. The van der Waals surface area contributed by atoms with Gasteiger partial charge >= 0.3 is 0 Å². The van der Waals surface area contributed by atoms with Crippen molar-refractivity contribution in [1.29, 1.82) is 0 Å². The summed E-state index contributed by atoms with van der Waals surface area (Å²) in [5.41, 5.74) is 5.65. The van der Waals surface area contributed by atoms with Gasteiger partial charge < -0.3 is 10.2 Å². The highest BCUT2D eigenvalue weighted by molar-refractivity contribution is 5.57. The maximum Gasteiger partial charge on any atom is 0.123 e. The Balaban J connectivity index is 3.16. The third-order valence-electron chi connectivity index (χ3n) is 7.91. The quantitative estimate of drug-likeness (QED) is 0.407. The second kappa shape index (κ2) is 10.3. The molecule has 0 aliphatic heterocycles. The second-order valence-corrected chi connectivity index (χ2v) is 15.4. The number of phenols is 2. The van der Waals surface area contributed by atoms with Gasteiger partial charge in [0.25, 0.3) is 0 Å². The lowest BCUT2D eigenvalue weighted by atomic mass is 9.64. The van der Waals surface area contributed by atoms with Crippen LogP contribution in [-0.4, -0.2) is 10.2 Å². The Hall–Kier alpha value is -1.96. The largest absolute Gasteiger partial charge is 0.507 e. The number of rotatable bonds is 6. The average molecular weight is 509 g/mol. The van der Waals surface area contributed by atoms with E-state index in [1.807, 2.05) is 0 Å². The lowest BCUT2D eigenvalue weighted by molar-refractivity contribution is 0.399. The Labute approximate surface area is 228 Å². The van der Waals surface area contributed by atoms with Crippen LogP contribution >= 0.6 is 0 Å². The van der Waals surface area contributed by atoms with E-state index in [4.69, 9.17) is 0 Å². The van der Waals surface area contributed by atoms with E-state index in [-0.39, 0.29) is 27.1 Å². The zero-order valence-electron chi connectivity index (χ0n) is 26.5. The molecular weight excluding hydrogens is 452 g/mol. The first kappa shape index (κ1) is 31.3. The average Bonchev–Trinajstić information content (AvgIpc) is 2.70. The molecule has 0 radical (unpaired) electrons. The van der Waals surface area contributed by atoms with E-state index in [0.717, 1.165) is 47.9 Å². The maximum atomic E-state index is 11.5. The fourth-order valence-corrected chi connectivity index (χ4v) is 5.83. The normalized spacial score (nSPS) is 13.8. The zero-order valence-corrected chi connectivity index (χ0v) is 26.5. The van der Waals surface area contributed by atoms with Crippen molar-refractivity contribution in [1.82, 2.24) is 0 Å². The van der Waals surface area contributed by atoms with Crippen molar-refractivity contribution in [2.45, 2.75) is 150 Å². The molecule has 0 aliphatic carbocycles. The summed E-state index contributed by atoms with van der Waals surface area (Å²) in [5, 5.41) is 23.0. The number of hydrogen-bond donors (Lipinski definition) is 2. The third-order valence-corrected chi connectivity index (χ3v) is 7.91. The summed E-state index contributed by atoms with van der Waals surface area (Å²) in [7, 11) is 0. The van der Waals surface area contributed by atoms with Crippen molar-refractivity contribution in [2.24, 2.45) is 0 Å². The monoisotopic (exact) mass is 508 g/mol. The Morgan fingerprint density at radius 3 is 0.838 bits per heavy atom. The van der Waals surface area contributed by atoms with Gasteiger partial charge in [-0.25, -0.2) is 0 Å². The molecular formula is C35H56O2. The summed E-state index contributed by atoms with van der Waals surface area (Å²) >= 11 is 0. The van der Waals surface area contributed by atoms with Crippen molar-refractivity contribution in [3.05, 3.63) is 57.6 Å². The van der Waals surface area contributed by atoms with E-state index in [0.29, 0.717) is 11.5 Å². The molecule has 208 valence electrons. The van der Waals surface area contributed by atoms with Gasteiger partial charge in [-0.15, -0.1) is 0 Å². The number of hydrogen-bond acceptors (Lipinski definition) is 2. The summed E-state index contributed by atoms with van der Waals surface area (Å²) in [6, 6.07) is 9.15. The van der Waals surface area contributed by atoms with E-state index in [1.54, 1.807) is 0 Å². The highest BCUT2D eigenvalue weighted by atomic mass is 16.3. The highest BCUT2D eigenvalue weighted by Gasteiger charge is 2.39. The topological polar surface area (TPSA) is 40.5 Å². The lowest BCUT2D eigenvalue weighted by Crippen LogP contribution is -2.31. The fourth-order valence-electron chi connectivity index (χ4n) is 5.83. The molecule has 0 saturated carbocycles. The van der Waals surface area contributed by atoms with Crippen LogP contribution in [0.25, 0.3) is 0 Å². The van der Waals surface area contributed by atoms with Gasteiger partial charge in [-0.1, -0.05) is 134 Å². The van der Waals surface area contributed by atoms with Crippen LogP contribution in [0.5, 0.6) is 11.5 Å². The van der Waals surface area contributed by atoms with Gasteiger partial charge in [0, 0.05) is 5.41 Å². The van der Waals surface area contributed by atoms with Crippen LogP contribution in [0.1, 0.15) is 156 Å². The first-order valence-electron chi connectivity index (χ1n) is 14.4. The van der Waals surface area contributed by atoms with E-state index in [1.165, 1.54) is 11.1 Å². The molecule has 2 N–H and O–H groups in total. The minimum absolute atomic E-state index is 0.188. The summed E-state index contributed by atoms with van der Waals surface area (Å²) in [4.78, 5) is 0. The van der Waals surface area contributed by atoms with Crippen molar-refractivity contribution in [3.8, 4) is 11.5 Å². The molecule has 0 saturated heterocycles. The number of phenolic OH excluding ortho intramolecular Hbond substituents is 2. The predicted octanol–water partition coefficient (Wildman–Crippen LogP) is 10.2. The van der Waals surface area contributed by atoms with E-state index in [9.17, 15) is 10.2 Å². The van der Waals surface area contributed by atoms with Gasteiger partial charge in [-0.3, -0.25) is 0 Å². The van der Waals surface area contributed by atoms with Crippen LogP contribution in [-0.2, 0) is 27.1 Å². The van der Waals surface area contributed by atoms with Gasteiger partial charge in [-0.2, -0.15) is 0 Å². The number of aromatic hydroxyl groups is 2. The molecule has 0 unspecified atom stereocenters. The Morgan fingerprint density at radius 1 is 0.459 bits per heavy atom. The van der Waals surface area contributed by atoms with Gasteiger partial charge in [0.15, 0.2) is 0 Å². The number of benzene rings is 2. The molecule has 2 aromatic rings. The standard InChI is InChI=1S/C35H56O2/c1-15-17-35(18-16-2,23-19-25(31(3,4)5)29(36)26(20-23)32(6,7)8)24-21-27(33(9,10)11)30(37)28(22-24)34(12,13)14/h19-22,36-37H,15-18H2,1-14H3. The minimum atomic E-state index is -0.217. The Bertz CT molecular complexity index is 933. The van der Waals surface area contributed by atoms with Crippen molar-refractivity contribution < 1.29 is 10.2 Å². The molecule has 0 bridgehead atoms. The first-order valence-corrected chi connectivity index (χ1v) is 14.4. The molecule has 2 nitrogen and oxygen atoms in total. The summed E-state index contributed by atoms with van der Waals surface area (Å²) in [6.45, 7) is 30.8. The van der Waals surface area contributed by atoms with Gasteiger partial charge in [0.1, 0.15) is 11.5 Å². The molecule has 0 aliphatic rings. The fraction of sp³-hybridized carbons (Fsp3) is 0.657. The van der Waals surface area contributed by atoms with E-state index >= 15 is 0 Å². The van der Waals surface area contributed by atoms with Gasteiger partial charge in [0.2, 0.25) is 0 Å². The van der Waals surface area contributed by atoms with Crippen LogP contribution < -0.4 is 0 Å². The third kappa shape index (κ3) is 6.37. The van der Waals surface area contributed by atoms with Crippen LogP contribution in [0.15, 0.2) is 24.3 Å². The van der Waals surface area contributed by atoms with Crippen molar-refractivity contribution >= 4 is 0 Å². The molecule has 0 aromatic heterocycles. The summed E-state index contributed by atoms with van der Waals surface area (Å²) in [6.07, 6.45) is 4.12. The van der Waals surface area contributed by atoms with Crippen LogP contribution in [0, 0.1) is 0 Å². The molecule has 0 fully saturated rings. The van der Waals surface area contributed by atoms with Crippen molar-refractivity contribution in [2.75, 3.05) is 0 Å². The Kier molecular flexibility index (Phi) is 8.71. The van der Waals surface area contributed by atoms with E-state index < -0.39 is 0 Å². The van der Waals surface area contributed by atoms with Gasteiger partial charge in [0.05, 0.1) is 0 Å². The molecule has 0 heterocycles. The SMILES string of the molecule is CCCC(CCC)(c1cc(C(C)(C)C)c(O)c(C(C)(C)C)c1)c1cc(C(C)(C)C)c(O)c(C(C)(C)C)c1. The molecule has 0 amide bonds. The summed E-state index contributed by atoms with van der Waals surface area (Å²) < 4.78 is 0. The molecule has 2 heteroatoms. The highest BCUT2D eigenvalue weighted by Crippen LogP contribution is 2.50. The molecule has 2 rings (SSSR count). The van der Waals surface area contributed by atoms with Crippen LogP contribution in [0.2, 0.25) is 0 Å².